The molecule has 3 saturated carbocycles. The topological polar surface area (TPSA) is 98.0 Å². The van der Waals surface area contributed by atoms with Crippen molar-refractivity contribution in [1.82, 2.24) is 0 Å². The molecule has 0 heterocycles. The van der Waals surface area contributed by atoms with Crippen LogP contribution in [-0.2, 0) is 4.79 Å². The van der Waals surface area contributed by atoms with E-state index in [0.29, 0.717) is 24.7 Å². The van der Waals surface area contributed by atoms with E-state index in [9.17, 15) is 25.2 Å². The average molecular weight is 364 g/mol. The lowest BCUT2D eigenvalue weighted by molar-refractivity contribution is -0.189. The Morgan fingerprint density at radius 3 is 2.69 bits per heavy atom. The minimum atomic E-state index is -1.45. The Morgan fingerprint density at radius 2 is 2.00 bits per heavy atom. The summed E-state index contributed by atoms with van der Waals surface area (Å²) in [4.78, 5) is 11.9. The van der Waals surface area contributed by atoms with E-state index in [1.807, 2.05) is 6.92 Å². The Morgan fingerprint density at radius 1 is 1.27 bits per heavy atom. The smallest absolute Gasteiger partial charge is 0.155 e. The third-order valence-electron chi connectivity index (χ3n) is 8.94. The van der Waals surface area contributed by atoms with Crippen molar-refractivity contribution in [3.8, 4) is 0 Å². The number of rotatable bonds is 2. The van der Waals surface area contributed by atoms with E-state index in [1.54, 1.807) is 6.08 Å². The maximum Gasteiger partial charge on any atom is 0.155 e. The van der Waals surface area contributed by atoms with Crippen molar-refractivity contribution >= 4 is 5.78 Å². The maximum absolute atomic E-state index is 11.9. The Balaban J connectivity index is 1.71. The minimum absolute atomic E-state index is 0.0336. The molecule has 0 aromatic rings. The van der Waals surface area contributed by atoms with E-state index in [2.05, 4.69) is 13.0 Å². The molecule has 0 aromatic heterocycles. The zero-order chi connectivity index (χ0) is 18.9. The number of fused-ring (bicyclic) bond motifs is 5. The normalized spacial score (nSPS) is 54.4. The molecule has 0 spiro atoms. The number of carbonyl (C=O) groups is 1. The highest BCUT2D eigenvalue weighted by molar-refractivity contribution is 5.91. The lowest BCUT2D eigenvalue weighted by Crippen LogP contribution is -2.60. The summed E-state index contributed by atoms with van der Waals surface area (Å²) >= 11 is 0. The molecule has 5 heteroatoms. The monoisotopic (exact) mass is 364 g/mol. The van der Waals surface area contributed by atoms with Crippen molar-refractivity contribution in [3.05, 3.63) is 12.2 Å². The predicted octanol–water partition coefficient (Wildman–Crippen LogP) is 1.43. The van der Waals surface area contributed by atoms with Gasteiger partial charge in [0.05, 0.1) is 12.7 Å². The van der Waals surface area contributed by atoms with Gasteiger partial charge in [0.15, 0.2) is 5.78 Å². The molecule has 0 unspecified atom stereocenters. The van der Waals surface area contributed by atoms with Crippen LogP contribution in [0.1, 0.15) is 52.4 Å². The fourth-order valence-electron chi connectivity index (χ4n) is 7.45. The summed E-state index contributed by atoms with van der Waals surface area (Å²) in [5.74, 6) is 1.14. The molecule has 5 nitrogen and oxygen atoms in total. The molecule has 9 atom stereocenters. The fourth-order valence-corrected chi connectivity index (χ4v) is 7.45. The summed E-state index contributed by atoms with van der Waals surface area (Å²) in [5, 5.41) is 42.0. The molecule has 3 fully saturated rings. The third-order valence-corrected chi connectivity index (χ3v) is 8.94. The molecule has 4 aliphatic carbocycles. The highest BCUT2D eigenvalue weighted by atomic mass is 16.4. The van der Waals surface area contributed by atoms with Crippen LogP contribution < -0.4 is 0 Å². The van der Waals surface area contributed by atoms with Crippen LogP contribution in [0.25, 0.3) is 0 Å². The zero-order valence-corrected chi connectivity index (χ0v) is 15.8. The van der Waals surface area contributed by atoms with Crippen LogP contribution in [0.5, 0.6) is 0 Å². The van der Waals surface area contributed by atoms with Gasteiger partial charge in [0, 0.05) is 18.3 Å². The van der Waals surface area contributed by atoms with Gasteiger partial charge in [-0.3, -0.25) is 4.79 Å². The number of allylic oxidation sites excluding steroid dienone is 2. The third kappa shape index (κ3) is 2.20. The Hall–Kier alpha value is -0.750. The molecule has 4 rings (SSSR count). The van der Waals surface area contributed by atoms with Gasteiger partial charge in [-0.05, 0) is 60.8 Å². The van der Waals surface area contributed by atoms with Gasteiger partial charge < -0.3 is 20.4 Å². The van der Waals surface area contributed by atoms with Gasteiger partial charge >= 0.3 is 0 Å². The molecule has 146 valence electrons. The van der Waals surface area contributed by atoms with Crippen LogP contribution in [0.4, 0.5) is 0 Å². The van der Waals surface area contributed by atoms with Crippen molar-refractivity contribution < 1.29 is 25.2 Å². The summed E-state index contributed by atoms with van der Waals surface area (Å²) < 4.78 is 0. The van der Waals surface area contributed by atoms with E-state index < -0.39 is 29.8 Å². The Kier molecular flexibility index (Phi) is 4.20. The largest absolute Gasteiger partial charge is 0.394 e. The minimum Gasteiger partial charge on any atom is -0.394 e. The highest BCUT2D eigenvalue weighted by Gasteiger charge is 2.68. The first kappa shape index (κ1) is 18.6. The van der Waals surface area contributed by atoms with Gasteiger partial charge in [0.2, 0.25) is 0 Å². The van der Waals surface area contributed by atoms with Crippen molar-refractivity contribution in [3.63, 3.8) is 0 Å². The Bertz CT molecular complexity index is 632. The number of aliphatic hydroxyl groups is 4. The standard InChI is InChI=1S/C21H32O5/c1-19-7-5-13(23)9-12(19)3-4-14-15(19)6-8-20(2)18(14)16(24)10-21(20,26)17(25)11-22/h5,7,12,14-18,22,24-26H,3-4,6,8-11H2,1-2H3/t12-,14+,15-,16+,17-,18+,19-,20-,21-/m0/s1. The van der Waals surface area contributed by atoms with E-state index in [1.165, 1.54) is 0 Å². The number of aliphatic hydroxyl groups excluding tert-OH is 3. The van der Waals surface area contributed by atoms with Crippen LogP contribution in [0.3, 0.4) is 0 Å². The molecule has 0 aromatic carbocycles. The van der Waals surface area contributed by atoms with Crippen LogP contribution in [0.15, 0.2) is 12.2 Å². The first-order chi connectivity index (χ1) is 12.2. The van der Waals surface area contributed by atoms with Gasteiger partial charge in [-0.1, -0.05) is 19.9 Å². The van der Waals surface area contributed by atoms with Crippen molar-refractivity contribution in [2.24, 2.45) is 34.5 Å². The summed E-state index contributed by atoms with van der Waals surface area (Å²) in [6, 6.07) is 0. The lowest BCUT2D eigenvalue weighted by atomic mass is 9.45. The first-order valence-electron chi connectivity index (χ1n) is 10.1. The molecule has 0 aliphatic heterocycles. The molecule has 4 N–H and O–H groups in total. The molecule has 0 radical (unpaired) electrons. The fraction of sp³-hybridized carbons (Fsp3) is 0.857. The van der Waals surface area contributed by atoms with Crippen molar-refractivity contribution in [2.75, 3.05) is 6.61 Å². The van der Waals surface area contributed by atoms with E-state index in [0.717, 1.165) is 19.3 Å². The number of hydrogen-bond acceptors (Lipinski definition) is 5. The first-order valence-corrected chi connectivity index (χ1v) is 10.1. The second-order valence-electron chi connectivity index (χ2n) is 9.79. The molecule has 0 bridgehead atoms. The number of ketones is 1. The molecule has 26 heavy (non-hydrogen) atoms. The van der Waals surface area contributed by atoms with E-state index in [-0.39, 0.29) is 29.5 Å². The molecule has 0 saturated heterocycles. The van der Waals surface area contributed by atoms with Crippen molar-refractivity contribution in [2.45, 2.75) is 70.2 Å². The summed E-state index contributed by atoms with van der Waals surface area (Å²) in [6.45, 7) is 3.75. The van der Waals surface area contributed by atoms with Crippen LogP contribution in [0, 0.1) is 34.5 Å². The molecular weight excluding hydrogens is 332 g/mol. The van der Waals surface area contributed by atoms with Gasteiger partial charge in [-0.25, -0.2) is 0 Å². The molecular formula is C21H32O5. The van der Waals surface area contributed by atoms with Gasteiger partial charge in [-0.15, -0.1) is 0 Å². The van der Waals surface area contributed by atoms with Crippen LogP contribution in [-0.4, -0.2) is 50.6 Å². The van der Waals surface area contributed by atoms with Crippen LogP contribution in [0.2, 0.25) is 0 Å². The van der Waals surface area contributed by atoms with Crippen LogP contribution >= 0.6 is 0 Å². The lowest BCUT2D eigenvalue weighted by Gasteiger charge is -2.60. The second kappa shape index (κ2) is 5.87. The summed E-state index contributed by atoms with van der Waals surface area (Å²) in [7, 11) is 0. The van der Waals surface area contributed by atoms with Gasteiger partial charge in [-0.2, -0.15) is 0 Å². The molecule has 0 amide bonds. The van der Waals surface area contributed by atoms with Gasteiger partial charge in [0.25, 0.3) is 0 Å². The quantitative estimate of drug-likeness (QED) is 0.594. The highest BCUT2D eigenvalue weighted by Crippen LogP contribution is 2.67. The summed E-state index contributed by atoms with van der Waals surface area (Å²) in [5.41, 5.74) is -2.09. The molecule has 4 aliphatic rings. The van der Waals surface area contributed by atoms with E-state index >= 15 is 0 Å². The second-order valence-corrected chi connectivity index (χ2v) is 9.79. The number of hydrogen-bond donors (Lipinski definition) is 4. The number of carbonyl (C=O) groups excluding carboxylic acids is 1. The maximum atomic E-state index is 11.9. The van der Waals surface area contributed by atoms with Crippen molar-refractivity contribution in [1.29, 1.82) is 0 Å². The SMILES string of the molecule is C[C@]12C=CC(=O)C[C@@H]1CC[C@H]1[C@@H]3[C@H](O)C[C@](O)([C@@H](O)CO)[C@@]3(C)CC[C@@H]12. The Labute approximate surface area is 155 Å². The zero-order valence-electron chi connectivity index (χ0n) is 15.8. The average Bonchev–Trinajstić information content (AvgIpc) is 2.81. The van der Waals surface area contributed by atoms with E-state index in [4.69, 9.17) is 0 Å². The summed E-state index contributed by atoms with van der Waals surface area (Å²) in [6.07, 6.45) is 6.23. The predicted molar refractivity (Wildman–Crippen MR) is 96.1 cm³/mol. The van der Waals surface area contributed by atoms with Gasteiger partial charge in [0.1, 0.15) is 11.7 Å².